The van der Waals surface area contributed by atoms with E-state index in [1.807, 2.05) is 6.21 Å². The van der Waals surface area contributed by atoms with Crippen molar-refractivity contribution in [3.05, 3.63) is 48.0 Å². The molecule has 3 aromatic rings. The molecule has 1 aliphatic rings. The lowest BCUT2D eigenvalue weighted by Gasteiger charge is -2.02. The molecule has 0 fully saturated rings. The quantitative estimate of drug-likeness (QED) is 0.562. The summed E-state index contributed by atoms with van der Waals surface area (Å²) in [7, 11) is 0. The molecule has 0 saturated heterocycles. The van der Waals surface area contributed by atoms with Crippen molar-refractivity contribution < 1.29 is 4.99 Å². The van der Waals surface area contributed by atoms with E-state index in [1.54, 1.807) is 0 Å². The third-order valence-electron chi connectivity index (χ3n) is 4.97. The Balaban J connectivity index is 1.64. The Morgan fingerprint density at radius 1 is 1.08 bits per heavy atom. The molecule has 25 heavy (non-hydrogen) atoms. The zero-order valence-electron chi connectivity index (χ0n) is 14.8. The van der Waals surface area contributed by atoms with E-state index in [0.29, 0.717) is 0 Å². The first-order valence-corrected chi connectivity index (χ1v) is 9.26. The fourth-order valence-electron chi connectivity index (χ4n) is 3.70. The Bertz CT molecular complexity index is 949. The summed E-state index contributed by atoms with van der Waals surface area (Å²) in [6.45, 7) is 4.21. The molecule has 0 radical (unpaired) electrons. The van der Waals surface area contributed by atoms with E-state index in [-0.39, 0.29) is 0 Å². The van der Waals surface area contributed by atoms with Crippen LogP contribution in [0.3, 0.4) is 0 Å². The zero-order chi connectivity index (χ0) is 17.1. The van der Waals surface area contributed by atoms with Crippen LogP contribution in [-0.4, -0.2) is 23.2 Å². The van der Waals surface area contributed by atoms with E-state index >= 15 is 0 Å². The van der Waals surface area contributed by atoms with Crippen molar-refractivity contribution >= 4 is 33.9 Å². The summed E-state index contributed by atoms with van der Waals surface area (Å²) in [5.41, 5.74) is 6.88. The van der Waals surface area contributed by atoms with Crippen molar-refractivity contribution in [2.45, 2.75) is 39.2 Å². The van der Waals surface area contributed by atoms with Gasteiger partial charge in [-0.25, -0.2) is 0 Å². The molecule has 2 heterocycles. The van der Waals surface area contributed by atoms with Gasteiger partial charge < -0.3 is 4.57 Å². The molecule has 4 rings (SSSR count). The van der Waals surface area contributed by atoms with Gasteiger partial charge in [-0.3, -0.25) is 4.99 Å². The lowest BCUT2D eigenvalue weighted by atomic mass is 10.1. The minimum absolute atomic E-state index is 0.975. The predicted octanol–water partition coefficient (Wildman–Crippen LogP) is 2.79. The first-order valence-electron chi connectivity index (χ1n) is 9.26. The highest BCUT2D eigenvalue weighted by Crippen LogP contribution is 2.29. The van der Waals surface area contributed by atoms with Gasteiger partial charge in [0.05, 0.1) is 19.2 Å². The highest BCUT2D eigenvalue weighted by atomic mass is 15.3. The van der Waals surface area contributed by atoms with E-state index in [4.69, 9.17) is 0 Å². The average Bonchev–Trinajstić information content (AvgIpc) is 2.78. The van der Waals surface area contributed by atoms with Crippen molar-refractivity contribution in [2.75, 3.05) is 6.54 Å². The predicted molar refractivity (Wildman–Crippen MR) is 105 cm³/mol. The fourth-order valence-corrected chi connectivity index (χ4v) is 3.70. The summed E-state index contributed by atoms with van der Waals surface area (Å²) < 4.78 is 2.37. The van der Waals surface area contributed by atoms with Crippen LogP contribution in [0.5, 0.6) is 0 Å². The minimum Gasteiger partial charge on any atom is -0.341 e. The molecule has 2 aromatic carbocycles. The van der Waals surface area contributed by atoms with Crippen LogP contribution in [0.25, 0.3) is 21.8 Å². The maximum atomic E-state index is 4.44. The van der Waals surface area contributed by atoms with Gasteiger partial charge in [-0.2, -0.15) is 5.43 Å². The number of para-hydroxylation sites is 1. The first-order chi connectivity index (χ1) is 12.4. The number of rotatable bonds is 3. The van der Waals surface area contributed by atoms with Gasteiger partial charge in [-0.05, 0) is 49.9 Å². The average molecular weight is 333 g/mol. The van der Waals surface area contributed by atoms with Crippen LogP contribution in [-0.2, 0) is 6.54 Å². The smallest absolute Gasteiger partial charge is 0.267 e. The number of hydrazone groups is 1. The first kappa shape index (κ1) is 15.9. The summed E-state index contributed by atoms with van der Waals surface area (Å²) in [4.78, 5) is 3.42. The molecule has 2 N–H and O–H groups in total. The Kier molecular flexibility index (Phi) is 4.51. The van der Waals surface area contributed by atoms with Crippen LogP contribution in [0.4, 0.5) is 0 Å². The Morgan fingerprint density at radius 2 is 1.96 bits per heavy atom. The highest BCUT2D eigenvalue weighted by molar-refractivity contribution is 6.09. The zero-order valence-corrected chi connectivity index (χ0v) is 14.8. The maximum absolute atomic E-state index is 4.44. The van der Waals surface area contributed by atoms with Gasteiger partial charge in [-0.1, -0.05) is 29.4 Å². The van der Waals surface area contributed by atoms with E-state index in [0.717, 1.165) is 30.9 Å². The van der Waals surface area contributed by atoms with Gasteiger partial charge in [0.25, 0.3) is 5.84 Å². The van der Waals surface area contributed by atoms with Crippen LogP contribution in [0.1, 0.15) is 38.2 Å². The van der Waals surface area contributed by atoms with Crippen molar-refractivity contribution in [3.8, 4) is 0 Å². The molecular weight excluding hydrogens is 308 g/mol. The fraction of sp³-hybridized carbons (Fsp3) is 0.333. The van der Waals surface area contributed by atoms with Gasteiger partial charge in [0, 0.05) is 28.4 Å². The molecule has 0 bridgehead atoms. The number of fused-ring (bicyclic) bond motifs is 3. The second-order valence-corrected chi connectivity index (χ2v) is 6.62. The maximum Gasteiger partial charge on any atom is 0.267 e. The van der Waals surface area contributed by atoms with Gasteiger partial charge in [0.15, 0.2) is 0 Å². The lowest BCUT2D eigenvalue weighted by Crippen LogP contribution is -2.75. The topological polar surface area (TPSA) is 43.3 Å². The second-order valence-electron chi connectivity index (χ2n) is 6.62. The number of nitrogens with zero attached hydrogens (tertiary/aromatic N) is 2. The molecule has 4 nitrogen and oxygen atoms in total. The number of amidine groups is 1. The van der Waals surface area contributed by atoms with Crippen LogP contribution >= 0.6 is 0 Å². The van der Waals surface area contributed by atoms with Gasteiger partial charge >= 0.3 is 0 Å². The molecule has 0 amide bonds. The number of aryl methyl sites for hydroxylation is 1. The molecule has 0 spiro atoms. The van der Waals surface area contributed by atoms with Crippen LogP contribution < -0.4 is 10.4 Å². The summed E-state index contributed by atoms with van der Waals surface area (Å²) >= 11 is 0. The van der Waals surface area contributed by atoms with Crippen LogP contribution in [0.15, 0.2) is 47.6 Å². The Labute approximate surface area is 148 Å². The SMILES string of the molecule is CCn1c2ccccc2c2cc(/C=N/NC3=[NH+]CCCCC3)ccc21. The van der Waals surface area contributed by atoms with Crippen LogP contribution in [0.2, 0.25) is 0 Å². The number of hydrogen-bond donors (Lipinski definition) is 2. The lowest BCUT2D eigenvalue weighted by molar-refractivity contribution is -0.459. The molecule has 0 atom stereocenters. The summed E-state index contributed by atoms with van der Waals surface area (Å²) in [5.74, 6) is 1.14. The molecule has 1 aromatic heterocycles. The second kappa shape index (κ2) is 7.09. The van der Waals surface area contributed by atoms with Crippen LogP contribution in [0, 0.1) is 0 Å². The third kappa shape index (κ3) is 3.16. The minimum atomic E-state index is 0.975. The molecule has 0 saturated carbocycles. The highest BCUT2D eigenvalue weighted by Gasteiger charge is 2.10. The monoisotopic (exact) mass is 333 g/mol. The van der Waals surface area contributed by atoms with Crippen molar-refractivity contribution in [3.63, 3.8) is 0 Å². The number of hydrogen-bond acceptors (Lipinski definition) is 2. The van der Waals surface area contributed by atoms with Gasteiger partial charge in [0.1, 0.15) is 0 Å². The van der Waals surface area contributed by atoms with Crippen molar-refractivity contribution in [2.24, 2.45) is 5.10 Å². The number of nitrogens with one attached hydrogen (secondary N) is 2. The van der Waals surface area contributed by atoms with E-state index in [1.165, 1.54) is 41.1 Å². The molecule has 0 unspecified atom stereocenters. The molecule has 4 heteroatoms. The Hall–Kier alpha value is -2.62. The van der Waals surface area contributed by atoms with Gasteiger partial charge in [0.2, 0.25) is 0 Å². The molecule has 1 aliphatic heterocycles. The van der Waals surface area contributed by atoms with E-state index < -0.39 is 0 Å². The number of aromatic nitrogens is 1. The molecule has 128 valence electrons. The summed E-state index contributed by atoms with van der Waals surface area (Å²) in [6, 6.07) is 15.2. The molecule has 0 aliphatic carbocycles. The van der Waals surface area contributed by atoms with E-state index in [2.05, 4.69) is 69.5 Å². The molecular formula is C21H25N4+. The van der Waals surface area contributed by atoms with Gasteiger partial charge in [-0.15, -0.1) is 0 Å². The third-order valence-corrected chi connectivity index (χ3v) is 4.97. The number of benzene rings is 2. The summed E-state index contributed by atoms with van der Waals surface area (Å²) in [6.07, 6.45) is 6.73. The summed E-state index contributed by atoms with van der Waals surface area (Å²) in [5, 5.41) is 7.04. The Morgan fingerprint density at radius 3 is 2.88 bits per heavy atom. The van der Waals surface area contributed by atoms with Crippen molar-refractivity contribution in [1.82, 2.24) is 9.99 Å². The van der Waals surface area contributed by atoms with Crippen molar-refractivity contribution in [1.29, 1.82) is 0 Å². The van der Waals surface area contributed by atoms with E-state index in [9.17, 15) is 0 Å². The largest absolute Gasteiger partial charge is 0.341 e. The standard InChI is InChI=1S/C21H24N4/c1-2-25-19-9-6-5-8-17(19)18-14-16(11-12-20(18)25)15-23-24-21-10-4-3-7-13-22-21/h5-6,8-9,11-12,14-15H,2-4,7,10,13H2,1H3,(H,22,24)/p+1/b23-15+. The normalized spacial score (nSPS) is 15.6.